The van der Waals surface area contributed by atoms with Gasteiger partial charge in [-0.2, -0.15) is 0 Å². The van der Waals surface area contributed by atoms with Crippen molar-refractivity contribution in [1.29, 1.82) is 0 Å². The highest BCUT2D eigenvalue weighted by atomic mass is 35.5. The van der Waals surface area contributed by atoms with Crippen molar-refractivity contribution in [2.75, 3.05) is 6.61 Å². The number of rotatable bonds is 6. The molecule has 5 nitrogen and oxygen atoms in total. The molecule has 0 aromatic carbocycles. The number of aryl methyl sites for hydroxylation is 1. The first-order valence-electron chi connectivity index (χ1n) is 6.73. The maximum absolute atomic E-state index is 11.4. The van der Waals surface area contributed by atoms with Gasteiger partial charge in [0.05, 0.1) is 23.7 Å². The van der Waals surface area contributed by atoms with E-state index < -0.39 is 0 Å². The Labute approximate surface area is 122 Å². The normalized spacial score (nSPS) is 12.6. The van der Waals surface area contributed by atoms with Gasteiger partial charge in [0.25, 0.3) is 0 Å². The monoisotopic (exact) mass is 295 g/mol. The molecule has 0 aliphatic heterocycles. The Hall–Kier alpha value is -1.62. The predicted octanol–water partition coefficient (Wildman–Crippen LogP) is 3.07. The van der Waals surface area contributed by atoms with Gasteiger partial charge < -0.3 is 9.30 Å². The van der Waals surface area contributed by atoms with E-state index in [0.717, 1.165) is 16.9 Å². The van der Waals surface area contributed by atoms with Crippen molar-refractivity contribution in [2.24, 2.45) is 0 Å². The smallest absolute Gasteiger partial charge is 0.305 e. The molecule has 0 fully saturated rings. The standard InChI is InChI=1S/C14H18ClN3O2/c1-3-20-13(19)5-4-8-18-12-6-7-16-9-11(12)17-14(18)10(2)15/h6-7,9-10H,3-5,8H2,1-2H3. The van der Waals surface area contributed by atoms with E-state index in [9.17, 15) is 4.79 Å². The van der Waals surface area contributed by atoms with Gasteiger partial charge in [-0.25, -0.2) is 4.98 Å². The fourth-order valence-electron chi connectivity index (χ4n) is 2.15. The fraction of sp³-hybridized carbons (Fsp3) is 0.500. The lowest BCUT2D eigenvalue weighted by atomic mass is 10.3. The number of hydrogen-bond donors (Lipinski definition) is 0. The van der Waals surface area contributed by atoms with Gasteiger partial charge in [0.2, 0.25) is 0 Å². The number of carbonyl (C=O) groups is 1. The molecule has 2 rings (SSSR count). The number of halogens is 1. The summed E-state index contributed by atoms with van der Waals surface area (Å²) in [4.78, 5) is 19.9. The molecule has 0 amide bonds. The van der Waals surface area contributed by atoms with Crippen LogP contribution in [0.3, 0.4) is 0 Å². The average Bonchev–Trinajstić information content (AvgIpc) is 2.78. The number of esters is 1. The Bertz CT molecular complexity index is 595. The van der Waals surface area contributed by atoms with Crippen LogP contribution in [0.2, 0.25) is 0 Å². The van der Waals surface area contributed by atoms with Gasteiger partial charge in [-0.1, -0.05) is 0 Å². The van der Waals surface area contributed by atoms with E-state index in [1.165, 1.54) is 0 Å². The Morgan fingerprint density at radius 2 is 2.35 bits per heavy atom. The number of ether oxygens (including phenoxy) is 1. The van der Waals surface area contributed by atoms with Crippen molar-refractivity contribution >= 4 is 28.6 Å². The molecule has 0 aliphatic carbocycles. The number of aromatic nitrogens is 3. The summed E-state index contributed by atoms with van der Waals surface area (Å²) in [5.41, 5.74) is 1.82. The summed E-state index contributed by atoms with van der Waals surface area (Å²) >= 11 is 6.18. The molecule has 108 valence electrons. The van der Waals surface area contributed by atoms with Crippen LogP contribution in [0, 0.1) is 0 Å². The molecule has 2 aromatic heterocycles. The number of nitrogens with zero attached hydrogens (tertiary/aromatic N) is 3. The minimum atomic E-state index is -0.190. The number of alkyl halides is 1. The minimum absolute atomic E-state index is 0.168. The van der Waals surface area contributed by atoms with E-state index in [4.69, 9.17) is 16.3 Å². The van der Waals surface area contributed by atoms with Gasteiger partial charge in [0.15, 0.2) is 0 Å². The molecule has 0 saturated heterocycles. The van der Waals surface area contributed by atoms with Gasteiger partial charge in [0, 0.05) is 19.2 Å². The highest BCUT2D eigenvalue weighted by Crippen LogP contribution is 2.24. The summed E-state index contributed by atoms with van der Waals surface area (Å²) < 4.78 is 6.98. The van der Waals surface area contributed by atoms with Crippen LogP contribution in [-0.4, -0.2) is 27.1 Å². The largest absolute Gasteiger partial charge is 0.466 e. The molecule has 1 atom stereocenters. The molecule has 0 saturated carbocycles. The fourth-order valence-corrected chi connectivity index (χ4v) is 2.32. The maximum Gasteiger partial charge on any atom is 0.305 e. The van der Waals surface area contributed by atoms with Crippen LogP contribution < -0.4 is 0 Å². The Kier molecular flexibility index (Phi) is 4.95. The summed E-state index contributed by atoms with van der Waals surface area (Å²) in [5, 5.41) is -0.190. The van der Waals surface area contributed by atoms with Crippen LogP contribution in [0.25, 0.3) is 11.0 Å². The molecular weight excluding hydrogens is 278 g/mol. The van der Waals surface area contributed by atoms with E-state index in [0.29, 0.717) is 26.0 Å². The summed E-state index contributed by atoms with van der Waals surface area (Å²) in [6.45, 7) is 4.80. The van der Waals surface area contributed by atoms with Crippen LogP contribution in [0.4, 0.5) is 0 Å². The van der Waals surface area contributed by atoms with Crippen molar-refractivity contribution in [3.8, 4) is 0 Å². The number of hydrogen-bond acceptors (Lipinski definition) is 4. The maximum atomic E-state index is 11.4. The highest BCUT2D eigenvalue weighted by molar-refractivity contribution is 6.20. The van der Waals surface area contributed by atoms with Crippen molar-refractivity contribution in [2.45, 2.75) is 38.6 Å². The molecule has 2 aromatic rings. The van der Waals surface area contributed by atoms with Gasteiger partial charge in [-0.15, -0.1) is 11.6 Å². The summed E-state index contributed by atoms with van der Waals surface area (Å²) in [5.74, 6) is 0.637. The van der Waals surface area contributed by atoms with E-state index in [2.05, 4.69) is 9.97 Å². The van der Waals surface area contributed by atoms with Crippen molar-refractivity contribution in [3.63, 3.8) is 0 Å². The molecule has 0 radical (unpaired) electrons. The first-order valence-corrected chi connectivity index (χ1v) is 7.17. The Balaban J connectivity index is 2.15. The second kappa shape index (κ2) is 6.70. The van der Waals surface area contributed by atoms with E-state index >= 15 is 0 Å². The first-order chi connectivity index (χ1) is 9.63. The molecule has 1 unspecified atom stereocenters. The van der Waals surface area contributed by atoms with E-state index in [1.54, 1.807) is 12.4 Å². The number of carbonyl (C=O) groups excluding carboxylic acids is 1. The van der Waals surface area contributed by atoms with Gasteiger partial charge in [0.1, 0.15) is 11.3 Å². The van der Waals surface area contributed by atoms with Crippen molar-refractivity contribution in [1.82, 2.24) is 14.5 Å². The first kappa shape index (κ1) is 14.8. The summed E-state index contributed by atoms with van der Waals surface area (Å²) in [6, 6.07) is 1.91. The second-order valence-corrected chi connectivity index (χ2v) is 5.17. The minimum Gasteiger partial charge on any atom is -0.466 e. The molecule has 6 heteroatoms. The molecule has 20 heavy (non-hydrogen) atoms. The molecule has 2 heterocycles. The summed E-state index contributed by atoms with van der Waals surface area (Å²) in [7, 11) is 0. The Morgan fingerprint density at radius 3 is 3.05 bits per heavy atom. The topological polar surface area (TPSA) is 57.0 Å². The lowest BCUT2D eigenvalue weighted by molar-refractivity contribution is -0.143. The van der Waals surface area contributed by atoms with Crippen molar-refractivity contribution < 1.29 is 9.53 Å². The van der Waals surface area contributed by atoms with Gasteiger partial charge in [-0.05, 0) is 26.3 Å². The number of pyridine rings is 1. The number of imidazole rings is 1. The quantitative estimate of drug-likeness (QED) is 0.607. The van der Waals surface area contributed by atoms with E-state index in [-0.39, 0.29) is 11.3 Å². The molecule has 0 spiro atoms. The predicted molar refractivity (Wildman–Crippen MR) is 77.7 cm³/mol. The van der Waals surface area contributed by atoms with Crippen LogP contribution in [0.5, 0.6) is 0 Å². The molecule has 0 bridgehead atoms. The van der Waals surface area contributed by atoms with Gasteiger partial charge >= 0.3 is 5.97 Å². The van der Waals surface area contributed by atoms with Crippen LogP contribution in [-0.2, 0) is 16.1 Å². The third-order valence-corrected chi connectivity index (χ3v) is 3.20. The summed E-state index contributed by atoms with van der Waals surface area (Å²) in [6.07, 6.45) is 4.55. The SMILES string of the molecule is CCOC(=O)CCCn1c(C(C)Cl)nc2cnccc21. The van der Waals surface area contributed by atoms with Crippen LogP contribution in [0.15, 0.2) is 18.5 Å². The third kappa shape index (κ3) is 3.28. The van der Waals surface area contributed by atoms with Gasteiger partial charge in [-0.3, -0.25) is 9.78 Å². The Morgan fingerprint density at radius 1 is 1.55 bits per heavy atom. The zero-order valence-electron chi connectivity index (χ0n) is 11.7. The zero-order valence-corrected chi connectivity index (χ0v) is 12.4. The van der Waals surface area contributed by atoms with Crippen LogP contribution in [0.1, 0.15) is 37.9 Å². The lowest BCUT2D eigenvalue weighted by Crippen LogP contribution is -2.08. The average molecular weight is 296 g/mol. The third-order valence-electron chi connectivity index (χ3n) is 3.00. The van der Waals surface area contributed by atoms with Crippen molar-refractivity contribution in [3.05, 3.63) is 24.3 Å². The zero-order chi connectivity index (χ0) is 14.5. The molecular formula is C14H18ClN3O2. The second-order valence-electron chi connectivity index (χ2n) is 4.51. The molecule has 0 aliphatic rings. The molecule has 0 N–H and O–H groups in total. The number of fused-ring (bicyclic) bond motifs is 1. The van der Waals surface area contributed by atoms with Crippen LogP contribution >= 0.6 is 11.6 Å². The van der Waals surface area contributed by atoms with E-state index in [1.807, 2.05) is 24.5 Å². The lowest BCUT2D eigenvalue weighted by Gasteiger charge is -2.10. The highest BCUT2D eigenvalue weighted by Gasteiger charge is 2.15.